The van der Waals surface area contributed by atoms with Crippen LogP contribution in [0.4, 0.5) is 5.82 Å². The lowest BCUT2D eigenvalue weighted by atomic mass is 10.1. The highest BCUT2D eigenvalue weighted by atomic mass is 32.2. The van der Waals surface area contributed by atoms with Gasteiger partial charge in [-0.3, -0.25) is 14.4 Å². The lowest BCUT2D eigenvalue weighted by Crippen LogP contribution is -2.17. The SMILES string of the molecule is O=S(=O)(Nc1ccn(Cc2ccncc2)n1)C1=CCCCC1. The van der Waals surface area contributed by atoms with E-state index in [-0.39, 0.29) is 0 Å². The molecule has 0 amide bonds. The van der Waals surface area contributed by atoms with Crippen LogP contribution in [-0.2, 0) is 16.6 Å². The lowest BCUT2D eigenvalue weighted by molar-refractivity contribution is 0.599. The molecule has 0 saturated heterocycles. The van der Waals surface area contributed by atoms with Crippen molar-refractivity contribution in [2.45, 2.75) is 32.2 Å². The summed E-state index contributed by atoms with van der Waals surface area (Å²) in [5.74, 6) is 0.348. The molecule has 1 aliphatic carbocycles. The number of hydrogen-bond acceptors (Lipinski definition) is 4. The lowest BCUT2D eigenvalue weighted by Gasteiger charge is -2.13. The molecular formula is C15H18N4O2S. The van der Waals surface area contributed by atoms with Crippen molar-refractivity contribution in [2.75, 3.05) is 4.72 Å². The van der Waals surface area contributed by atoms with Crippen LogP contribution in [-0.4, -0.2) is 23.2 Å². The Morgan fingerprint density at radius 2 is 2.00 bits per heavy atom. The van der Waals surface area contributed by atoms with Gasteiger partial charge in [-0.05, 0) is 43.4 Å². The third-order valence-electron chi connectivity index (χ3n) is 3.57. The second kappa shape index (κ2) is 6.31. The summed E-state index contributed by atoms with van der Waals surface area (Å²) in [6.45, 7) is 0.576. The summed E-state index contributed by atoms with van der Waals surface area (Å²) in [7, 11) is -3.47. The minimum absolute atomic E-state index is 0.348. The van der Waals surface area contributed by atoms with Crippen LogP contribution in [0.15, 0.2) is 47.8 Å². The Hall–Kier alpha value is -2.15. The standard InChI is InChI=1S/C15H18N4O2S/c20-22(21,14-4-2-1-3-5-14)18-15-8-11-19(17-15)12-13-6-9-16-10-7-13/h4,6-11H,1-3,5,12H2,(H,17,18). The molecule has 0 aliphatic heterocycles. The van der Waals surface area contributed by atoms with Crippen LogP contribution in [0.2, 0.25) is 0 Å². The molecule has 7 heteroatoms. The van der Waals surface area contributed by atoms with Crippen molar-refractivity contribution in [3.63, 3.8) is 0 Å². The van der Waals surface area contributed by atoms with Gasteiger partial charge in [0.1, 0.15) is 0 Å². The van der Waals surface area contributed by atoms with Gasteiger partial charge >= 0.3 is 0 Å². The predicted molar refractivity (Wildman–Crippen MR) is 84.7 cm³/mol. The Morgan fingerprint density at radius 1 is 1.18 bits per heavy atom. The van der Waals surface area contributed by atoms with Crippen molar-refractivity contribution in [2.24, 2.45) is 0 Å². The van der Waals surface area contributed by atoms with E-state index in [0.717, 1.165) is 24.8 Å². The highest BCUT2D eigenvalue weighted by molar-refractivity contribution is 7.96. The van der Waals surface area contributed by atoms with Gasteiger partial charge < -0.3 is 0 Å². The first-order valence-electron chi connectivity index (χ1n) is 7.28. The van der Waals surface area contributed by atoms with Crippen LogP contribution in [0.3, 0.4) is 0 Å². The van der Waals surface area contributed by atoms with Gasteiger partial charge in [-0.15, -0.1) is 0 Å². The molecule has 2 aromatic heterocycles. The quantitative estimate of drug-likeness (QED) is 0.919. The summed E-state index contributed by atoms with van der Waals surface area (Å²) in [4.78, 5) is 4.44. The topological polar surface area (TPSA) is 76.9 Å². The van der Waals surface area contributed by atoms with Crippen molar-refractivity contribution >= 4 is 15.8 Å². The molecule has 0 fully saturated rings. The molecule has 0 aromatic carbocycles. The number of hydrogen-bond donors (Lipinski definition) is 1. The van der Waals surface area contributed by atoms with Gasteiger partial charge in [0.25, 0.3) is 10.0 Å². The molecule has 1 N–H and O–H groups in total. The van der Waals surface area contributed by atoms with E-state index in [1.54, 1.807) is 35.4 Å². The summed E-state index contributed by atoms with van der Waals surface area (Å²) in [5, 5.41) is 4.26. The molecule has 116 valence electrons. The molecule has 0 atom stereocenters. The van der Waals surface area contributed by atoms with E-state index in [1.807, 2.05) is 12.1 Å². The maximum absolute atomic E-state index is 12.3. The van der Waals surface area contributed by atoms with E-state index in [4.69, 9.17) is 0 Å². The summed E-state index contributed by atoms with van der Waals surface area (Å²) in [6, 6.07) is 5.47. The smallest absolute Gasteiger partial charge is 0.258 e. The van der Waals surface area contributed by atoms with Crippen LogP contribution in [0.5, 0.6) is 0 Å². The van der Waals surface area contributed by atoms with Gasteiger partial charge in [0.15, 0.2) is 5.82 Å². The van der Waals surface area contributed by atoms with Crippen LogP contribution in [0, 0.1) is 0 Å². The maximum atomic E-state index is 12.3. The van der Waals surface area contributed by atoms with Gasteiger partial charge in [0.2, 0.25) is 0 Å². The average molecular weight is 318 g/mol. The first-order chi connectivity index (χ1) is 10.6. The first-order valence-corrected chi connectivity index (χ1v) is 8.76. The largest absolute Gasteiger partial charge is 0.266 e. The summed E-state index contributed by atoms with van der Waals surface area (Å²) in [5.41, 5.74) is 1.06. The first kappa shape index (κ1) is 14.8. The fourth-order valence-corrected chi connectivity index (χ4v) is 3.70. The number of anilines is 1. The Kier molecular flexibility index (Phi) is 4.24. The number of nitrogens with one attached hydrogen (secondary N) is 1. The van der Waals surface area contributed by atoms with Gasteiger partial charge in [0.05, 0.1) is 11.4 Å². The number of nitrogens with zero attached hydrogens (tertiary/aromatic N) is 3. The molecular weight excluding hydrogens is 300 g/mol. The number of pyridine rings is 1. The fourth-order valence-electron chi connectivity index (χ4n) is 2.44. The molecule has 6 nitrogen and oxygen atoms in total. The normalized spacial score (nSPS) is 15.4. The third-order valence-corrected chi connectivity index (χ3v) is 5.11. The van der Waals surface area contributed by atoms with Crippen molar-refractivity contribution in [3.8, 4) is 0 Å². The van der Waals surface area contributed by atoms with E-state index in [1.165, 1.54) is 0 Å². The predicted octanol–water partition coefficient (Wildman–Crippen LogP) is 2.53. The third kappa shape index (κ3) is 3.54. The highest BCUT2D eigenvalue weighted by Gasteiger charge is 2.20. The molecule has 0 unspecified atom stereocenters. The minimum atomic E-state index is -3.47. The molecule has 22 heavy (non-hydrogen) atoms. The zero-order chi connectivity index (χ0) is 15.4. The van der Waals surface area contributed by atoms with Crippen molar-refractivity contribution in [1.29, 1.82) is 0 Å². The van der Waals surface area contributed by atoms with E-state index in [9.17, 15) is 8.42 Å². The van der Waals surface area contributed by atoms with Crippen LogP contribution in [0.1, 0.15) is 31.2 Å². The molecule has 0 radical (unpaired) electrons. The van der Waals surface area contributed by atoms with E-state index in [0.29, 0.717) is 23.7 Å². The number of rotatable bonds is 5. The van der Waals surface area contributed by atoms with Crippen LogP contribution in [0.25, 0.3) is 0 Å². The number of allylic oxidation sites excluding steroid dienone is 2. The van der Waals surface area contributed by atoms with Crippen LogP contribution >= 0.6 is 0 Å². The number of sulfonamides is 1. The average Bonchev–Trinajstić information content (AvgIpc) is 2.95. The Morgan fingerprint density at radius 3 is 2.73 bits per heavy atom. The molecule has 1 aliphatic rings. The Balaban J connectivity index is 1.70. The molecule has 0 bridgehead atoms. The zero-order valence-electron chi connectivity index (χ0n) is 12.1. The Labute approximate surface area is 129 Å². The second-order valence-electron chi connectivity index (χ2n) is 5.28. The van der Waals surface area contributed by atoms with Gasteiger partial charge in [0, 0.05) is 24.7 Å². The molecule has 0 spiro atoms. The molecule has 2 aromatic rings. The van der Waals surface area contributed by atoms with E-state index >= 15 is 0 Å². The van der Waals surface area contributed by atoms with Gasteiger partial charge in [-0.1, -0.05) is 6.08 Å². The minimum Gasteiger partial charge on any atom is -0.266 e. The summed E-state index contributed by atoms with van der Waals surface area (Å²) in [6.07, 6.45) is 10.4. The highest BCUT2D eigenvalue weighted by Crippen LogP contribution is 2.23. The summed E-state index contributed by atoms with van der Waals surface area (Å²) >= 11 is 0. The molecule has 3 rings (SSSR count). The number of aromatic nitrogens is 3. The second-order valence-corrected chi connectivity index (χ2v) is 7.01. The maximum Gasteiger partial charge on any atom is 0.258 e. The van der Waals surface area contributed by atoms with Crippen LogP contribution < -0.4 is 4.72 Å². The molecule has 2 heterocycles. The van der Waals surface area contributed by atoms with E-state index < -0.39 is 10.0 Å². The van der Waals surface area contributed by atoms with Gasteiger partial charge in [-0.25, -0.2) is 8.42 Å². The Bertz CT molecular complexity index is 766. The van der Waals surface area contributed by atoms with Gasteiger partial charge in [-0.2, -0.15) is 5.10 Å². The van der Waals surface area contributed by atoms with Crippen molar-refractivity contribution < 1.29 is 8.42 Å². The molecule has 0 saturated carbocycles. The zero-order valence-corrected chi connectivity index (χ0v) is 13.0. The fraction of sp³-hybridized carbons (Fsp3) is 0.333. The summed E-state index contributed by atoms with van der Waals surface area (Å²) < 4.78 is 28.8. The van der Waals surface area contributed by atoms with Crippen molar-refractivity contribution in [3.05, 3.63) is 53.3 Å². The monoisotopic (exact) mass is 318 g/mol. The van der Waals surface area contributed by atoms with Crippen molar-refractivity contribution in [1.82, 2.24) is 14.8 Å². The van der Waals surface area contributed by atoms with E-state index in [2.05, 4.69) is 14.8 Å².